The number of aromatic carboxylic acids is 1. The molecule has 51 heavy (non-hydrogen) atoms. The Labute approximate surface area is 312 Å². The summed E-state index contributed by atoms with van der Waals surface area (Å²) in [5.41, 5.74) is 6.93. The summed E-state index contributed by atoms with van der Waals surface area (Å²) in [5, 5.41) is 10.5. The fraction of sp³-hybridized carbons (Fsp3) is 0.538. The van der Waals surface area contributed by atoms with Gasteiger partial charge in [-0.05, 0) is 151 Å². The Bertz CT molecular complexity index is 1870. The number of alkyl halides is 3. The molecular formula is C39H49ClF3N3O3S2. The number of Topliss-reactive ketones (excluding diaryl/α,β-unsaturated/α-hetero) is 1. The molecular weight excluding hydrogens is 715 g/mol. The first kappa shape index (κ1) is 39.7. The highest BCUT2D eigenvalue weighted by Gasteiger charge is 2.48. The Morgan fingerprint density at radius 1 is 0.804 bits per heavy atom. The van der Waals surface area contributed by atoms with Gasteiger partial charge in [-0.15, -0.1) is 35.1 Å². The molecule has 6 fully saturated rings. The first-order chi connectivity index (χ1) is 23.4. The lowest BCUT2D eigenvalue weighted by Crippen LogP contribution is -2.67. The number of carbonyl (C=O) groups excluding carboxylic acids is 1. The number of aryl methyl sites for hydroxylation is 1. The van der Waals surface area contributed by atoms with E-state index in [9.17, 15) is 22.8 Å². The van der Waals surface area contributed by atoms with Crippen molar-refractivity contribution in [3.05, 3.63) is 69.4 Å². The molecule has 0 amide bonds. The Balaban J connectivity index is 0.000000168. The first-order valence-corrected chi connectivity index (χ1v) is 19.2. The van der Waals surface area contributed by atoms with E-state index in [2.05, 4.69) is 37.5 Å². The van der Waals surface area contributed by atoms with Gasteiger partial charge in [0, 0.05) is 32.9 Å². The quantitative estimate of drug-likeness (QED) is 0.201. The van der Waals surface area contributed by atoms with Crippen molar-refractivity contribution in [2.24, 2.45) is 23.5 Å². The van der Waals surface area contributed by atoms with E-state index in [0.29, 0.717) is 44.1 Å². The molecule has 0 spiro atoms. The van der Waals surface area contributed by atoms with E-state index >= 15 is 0 Å². The highest BCUT2D eigenvalue weighted by atomic mass is 35.5. The number of fused-ring (bicyclic) bond motifs is 8. The predicted molar refractivity (Wildman–Crippen MR) is 205 cm³/mol. The second-order valence-electron chi connectivity index (χ2n) is 15.5. The topological polar surface area (TPSA) is 86.9 Å². The smallest absolute Gasteiger partial charge is 0.416 e. The number of piperidine rings is 6. The highest BCUT2D eigenvalue weighted by molar-refractivity contribution is 7.21. The molecule has 4 aromatic rings. The van der Waals surface area contributed by atoms with Gasteiger partial charge in [-0.1, -0.05) is 18.2 Å². The van der Waals surface area contributed by atoms with E-state index in [1.165, 1.54) is 54.7 Å². The van der Waals surface area contributed by atoms with Gasteiger partial charge in [0.2, 0.25) is 0 Å². The largest absolute Gasteiger partial charge is 0.477 e. The number of carbonyl (C=O) groups is 2. The third kappa shape index (κ3) is 8.19. The van der Waals surface area contributed by atoms with Gasteiger partial charge < -0.3 is 10.8 Å². The van der Waals surface area contributed by atoms with Crippen molar-refractivity contribution in [1.29, 1.82) is 0 Å². The molecule has 0 saturated carbocycles. The van der Waals surface area contributed by atoms with Gasteiger partial charge in [0.15, 0.2) is 5.78 Å². The zero-order chi connectivity index (χ0) is 36.2. The summed E-state index contributed by atoms with van der Waals surface area (Å²) in [6.45, 7) is 15.7. The maximum atomic E-state index is 12.9. The number of benzene rings is 2. The van der Waals surface area contributed by atoms with Crippen LogP contribution in [-0.2, 0) is 6.18 Å². The van der Waals surface area contributed by atoms with Crippen molar-refractivity contribution in [3.8, 4) is 0 Å². The third-order valence-electron chi connectivity index (χ3n) is 11.9. The molecule has 0 aliphatic carbocycles. The van der Waals surface area contributed by atoms with Crippen LogP contribution in [0.1, 0.15) is 90.3 Å². The van der Waals surface area contributed by atoms with E-state index in [1.54, 1.807) is 12.1 Å². The van der Waals surface area contributed by atoms with Gasteiger partial charge >= 0.3 is 12.1 Å². The molecule has 6 nitrogen and oxygen atoms in total. The maximum absolute atomic E-state index is 12.9. The standard InChI is InChI=1S/C20H22F3NOS.C10H8O2S.C9H18N2.ClH/c1-19(2)15(12-5-7-24(19)8-6-12)11-16(25)18-9-13-3-4-14(20(21,22)23)10-17(13)26-18;1-6-2-3-7-5-9(10(11)12)13-8(7)4-6;1-9(2)8(10)7-3-5-11(9)6-4-7;/h3-4,9-10,12,15H,5-8,11H2,1-2H3;2-5H,1H3,(H,11,12);7-8H,3-6,10H2,1-2H3;1H/t15-;;8-;/m1.1./s1. The van der Waals surface area contributed by atoms with E-state index in [1.807, 2.05) is 25.1 Å². The molecule has 2 atom stereocenters. The van der Waals surface area contributed by atoms with Gasteiger partial charge in [-0.3, -0.25) is 14.6 Å². The second kappa shape index (κ2) is 15.1. The minimum absolute atomic E-state index is 0. The van der Waals surface area contributed by atoms with Crippen molar-refractivity contribution in [1.82, 2.24) is 9.80 Å². The summed E-state index contributed by atoms with van der Waals surface area (Å²) >= 11 is 2.50. The van der Waals surface area contributed by atoms with Crippen LogP contribution in [0.25, 0.3) is 20.2 Å². The molecule has 3 N–H and O–H groups in total. The van der Waals surface area contributed by atoms with Crippen LogP contribution in [0.2, 0.25) is 0 Å². The average molecular weight is 764 g/mol. The number of nitrogens with two attached hydrogens (primary N) is 1. The molecule has 2 aromatic heterocycles. The van der Waals surface area contributed by atoms with Crippen molar-refractivity contribution in [2.75, 3.05) is 26.2 Å². The molecule has 6 aliphatic rings. The Kier molecular flexibility index (Phi) is 11.7. The number of rotatable bonds is 4. The molecule has 0 radical (unpaired) electrons. The van der Waals surface area contributed by atoms with Crippen LogP contribution in [0.3, 0.4) is 0 Å². The van der Waals surface area contributed by atoms with Crippen molar-refractivity contribution < 1.29 is 27.9 Å². The monoisotopic (exact) mass is 763 g/mol. The number of thiophene rings is 2. The zero-order valence-electron chi connectivity index (χ0n) is 29.9. The first-order valence-electron chi connectivity index (χ1n) is 17.6. The number of halogens is 4. The van der Waals surface area contributed by atoms with Crippen LogP contribution >= 0.6 is 35.1 Å². The van der Waals surface area contributed by atoms with Gasteiger partial charge in [-0.2, -0.15) is 13.2 Å². The lowest BCUT2D eigenvalue weighted by atomic mass is 9.65. The lowest BCUT2D eigenvalue weighted by molar-refractivity contribution is -0.137. The molecule has 278 valence electrons. The van der Waals surface area contributed by atoms with Gasteiger partial charge in [-0.25, -0.2) is 4.79 Å². The number of ketones is 1. The fourth-order valence-corrected chi connectivity index (χ4v) is 10.7. The van der Waals surface area contributed by atoms with Crippen LogP contribution in [0, 0.1) is 24.7 Å². The maximum Gasteiger partial charge on any atom is 0.416 e. The summed E-state index contributed by atoms with van der Waals surface area (Å²) in [6.07, 6.45) is 1.05. The lowest BCUT2D eigenvalue weighted by Gasteiger charge is -2.56. The molecule has 6 saturated heterocycles. The Morgan fingerprint density at radius 3 is 1.82 bits per heavy atom. The summed E-state index contributed by atoms with van der Waals surface area (Å²) in [4.78, 5) is 29.6. The van der Waals surface area contributed by atoms with Crippen LogP contribution in [0.15, 0.2) is 48.5 Å². The van der Waals surface area contributed by atoms with Crippen molar-refractivity contribution in [3.63, 3.8) is 0 Å². The minimum Gasteiger partial charge on any atom is -0.477 e. The molecule has 10 rings (SSSR count). The number of carboxylic acid groups (broad SMARTS) is 1. The highest BCUT2D eigenvalue weighted by Crippen LogP contribution is 2.46. The number of hydrogen-bond donors (Lipinski definition) is 2. The van der Waals surface area contributed by atoms with Gasteiger partial charge in [0.05, 0.1) is 10.4 Å². The normalized spacial score (nSPS) is 27.2. The van der Waals surface area contributed by atoms with Crippen LogP contribution < -0.4 is 5.73 Å². The fourth-order valence-electron chi connectivity index (χ4n) is 8.62. The third-order valence-corrected chi connectivity index (χ3v) is 14.1. The van der Waals surface area contributed by atoms with Crippen LogP contribution in [-0.4, -0.2) is 70.0 Å². The predicted octanol–water partition coefficient (Wildman–Crippen LogP) is 9.76. The van der Waals surface area contributed by atoms with Crippen molar-refractivity contribution >= 4 is 67.0 Å². The van der Waals surface area contributed by atoms with Crippen LogP contribution in [0.5, 0.6) is 0 Å². The minimum atomic E-state index is -4.36. The molecule has 0 unspecified atom stereocenters. The SMILES string of the molecule is CC1(C)[C@H](CC(=O)c2cc3ccc(C(F)(F)F)cc3s2)C2CCN1CC2.CC1(C)[C@H](N)C2CCN1CC2.Cc1ccc2cc(C(=O)O)sc2c1.Cl. The van der Waals surface area contributed by atoms with E-state index in [4.69, 9.17) is 10.8 Å². The molecule has 12 heteroatoms. The zero-order valence-corrected chi connectivity index (χ0v) is 32.3. The molecule has 2 aromatic carbocycles. The van der Waals surface area contributed by atoms with E-state index in [0.717, 1.165) is 59.6 Å². The number of nitrogens with zero attached hydrogens (tertiary/aromatic N) is 2. The summed E-state index contributed by atoms with van der Waals surface area (Å²) < 4.78 is 40.2. The van der Waals surface area contributed by atoms with Gasteiger partial charge in [0.1, 0.15) is 4.88 Å². The Hall–Kier alpha value is -2.54. The van der Waals surface area contributed by atoms with E-state index < -0.39 is 17.7 Å². The average Bonchev–Trinajstić information content (AvgIpc) is 3.70. The van der Waals surface area contributed by atoms with Crippen molar-refractivity contribution in [2.45, 2.75) is 90.0 Å². The van der Waals surface area contributed by atoms with E-state index in [-0.39, 0.29) is 29.3 Å². The molecule has 4 bridgehead atoms. The van der Waals surface area contributed by atoms with Gasteiger partial charge in [0.25, 0.3) is 0 Å². The second-order valence-corrected chi connectivity index (χ2v) is 17.7. The number of carboxylic acids is 1. The summed E-state index contributed by atoms with van der Waals surface area (Å²) in [7, 11) is 0. The summed E-state index contributed by atoms with van der Waals surface area (Å²) in [6, 6.07) is 13.5. The number of hydrogen-bond acceptors (Lipinski definition) is 7. The molecule has 6 aliphatic heterocycles. The van der Waals surface area contributed by atoms with Crippen LogP contribution in [0.4, 0.5) is 13.2 Å². The molecule has 8 heterocycles. The summed E-state index contributed by atoms with van der Waals surface area (Å²) in [5.74, 6) is 0.902. The Morgan fingerprint density at radius 2 is 1.31 bits per heavy atom.